The van der Waals surface area contributed by atoms with Gasteiger partial charge in [0.1, 0.15) is 0 Å². The van der Waals surface area contributed by atoms with Crippen molar-refractivity contribution >= 4 is 0 Å². The summed E-state index contributed by atoms with van der Waals surface area (Å²) in [6, 6.07) is 8.57. The van der Waals surface area contributed by atoms with Gasteiger partial charge in [0.05, 0.1) is 12.1 Å². The number of ether oxygens (including phenoxy) is 1. The third-order valence-corrected chi connectivity index (χ3v) is 4.25. The van der Waals surface area contributed by atoms with Gasteiger partial charge in [-0.3, -0.25) is 0 Å². The molecule has 1 aromatic rings. The first-order chi connectivity index (χ1) is 9.13. The van der Waals surface area contributed by atoms with Crippen molar-refractivity contribution in [1.29, 1.82) is 0 Å². The van der Waals surface area contributed by atoms with Crippen LogP contribution in [0.4, 0.5) is 0 Å². The Kier molecular flexibility index (Phi) is 5.00. The summed E-state index contributed by atoms with van der Waals surface area (Å²) in [5, 5.41) is 0. The monoisotopic (exact) mass is 261 g/mol. The Bertz CT molecular complexity index is 404. The minimum atomic E-state index is 0.0289. The number of benzene rings is 1. The van der Waals surface area contributed by atoms with Crippen molar-refractivity contribution in [3.63, 3.8) is 0 Å². The Hall–Kier alpha value is -0.860. The van der Waals surface area contributed by atoms with Crippen LogP contribution in [0.15, 0.2) is 24.3 Å². The lowest BCUT2D eigenvalue weighted by atomic mass is 9.79. The molecule has 0 amide bonds. The van der Waals surface area contributed by atoms with E-state index >= 15 is 0 Å². The molecule has 4 unspecified atom stereocenters. The highest BCUT2D eigenvalue weighted by Crippen LogP contribution is 2.37. The lowest BCUT2D eigenvalue weighted by Crippen LogP contribution is -2.35. The molecule has 2 rings (SSSR count). The van der Waals surface area contributed by atoms with Gasteiger partial charge in [0.2, 0.25) is 0 Å². The van der Waals surface area contributed by atoms with Crippen LogP contribution in [-0.2, 0) is 4.74 Å². The van der Waals surface area contributed by atoms with E-state index in [1.54, 1.807) is 0 Å². The molecule has 2 heteroatoms. The molecule has 0 saturated heterocycles. The first kappa shape index (κ1) is 14.5. The fourth-order valence-corrected chi connectivity index (χ4v) is 3.12. The van der Waals surface area contributed by atoms with Crippen molar-refractivity contribution in [3.8, 4) is 0 Å². The average molecular weight is 261 g/mol. The predicted octanol–water partition coefficient (Wildman–Crippen LogP) is 4.02. The lowest BCUT2D eigenvalue weighted by molar-refractivity contribution is 0.00195. The molecule has 2 nitrogen and oxygen atoms in total. The highest BCUT2D eigenvalue weighted by Gasteiger charge is 2.31. The molecule has 4 atom stereocenters. The molecule has 0 saturated carbocycles. The van der Waals surface area contributed by atoms with E-state index in [4.69, 9.17) is 10.5 Å². The van der Waals surface area contributed by atoms with E-state index in [1.807, 2.05) is 0 Å². The first-order valence-electron chi connectivity index (χ1n) is 7.59. The molecule has 0 fully saturated rings. The van der Waals surface area contributed by atoms with Gasteiger partial charge in [-0.05, 0) is 35.8 Å². The van der Waals surface area contributed by atoms with Crippen molar-refractivity contribution in [1.82, 2.24) is 0 Å². The van der Waals surface area contributed by atoms with Gasteiger partial charge in [-0.25, -0.2) is 0 Å². The van der Waals surface area contributed by atoms with E-state index in [1.165, 1.54) is 24.0 Å². The first-order valence-corrected chi connectivity index (χ1v) is 7.59. The zero-order valence-electron chi connectivity index (χ0n) is 12.4. The number of nitrogens with two attached hydrogens (primary N) is 1. The van der Waals surface area contributed by atoms with Crippen molar-refractivity contribution in [2.24, 2.45) is 11.7 Å². The van der Waals surface area contributed by atoms with Crippen LogP contribution in [-0.4, -0.2) is 12.7 Å². The zero-order valence-corrected chi connectivity index (χ0v) is 12.4. The quantitative estimate of drug-likeness (QED) is 0.869. The van der Waals surface area contributed by atoms with Crippen LogP contribution in [0, 0.1) is 5.92 Å². The van der Waals surface area contributed by atoms with Crippen LogP contribution < -0.4 is 5.73 Å². The Morgan fingerprint density at radius 2 is 2.00 bits per heavy atom. The summed E-state index contributed by atoms with van der Waals surface area (Å²) in [4.78, 5) is 0. The third kappa shape index (κ3) is 3.37. The van der Waals surface area contributed by atoms with E-state index in [-0.39, 0.29) is 12.1 Å². The molecule has 0 aliphatic heterocycles. The van der Waals surface area contributed by atoms with E-state index in [9.17, 15) is 0 Å². The van der Waals surface area contributed by atoms with Gasteiger partial charge in [-0.15, -0.1) is 0 Å². The fraction of sp³-hybridized carbons (Fsp3) is 0.647. The Balaban J connectivity index is 2.01. The molecule has 1 aliphatic carbocycles. The molecule has 1 aromatic carbocycles. The zero-order chi connectivity index (χ0) is 13.8. The predicted molar refractivity (Wildman–Crippen MR) is 80.2 cm³/mol. The van der Waals surface area contributed by atoms with Gasteiger partial charge in [-0.1, -0.05) is 51.5 Å². The highest BCUT2D eigenvalue weighted by molar-refractivity contribution is 5.35. The Morgan fingerprint density at radius 1 is 1.32 bits per heavy atom. The van der Waals surface area contributed by atoms with Crippen LogP contribution in [0.3, 0.4) is 0 Å². The highest BCUT2D eigenvalue weighted by atomic mass is 16.5. The largest absolute Gasteiger partial charge is 0.376 e. The van der Waals surface area contributed by atoms with Gasteiger partial charge < -0.3 is 10.5 Å². The molecule has 2 N–H and O–H groups in total. The second kappa shape index (κ2) is 6.53. The van der Waals surface area contributed by atoms with Gasteiger partial charge in [0.25, 0.3) is 0 Å². The third-order valence-electron chi connectivity index (χ3n) is 4.25. The SMILES string of the molecule is CCCC(C)COC1CC(C)c2ccccc2C1N. The molecule has 0 bridgehead atoms. The van der Waals surface area contributed by atoms with Gasteiger partial charge in [0, 0.05) is 6.61 Å². The summed E-state index contributed by atoms with van der Waals surface area (Å²) in [5.41, 5.74) is 9.06. The van der Waals surface area contributed by atoms with Crippen LogP contribution in [0.2, 0.25) is 0 Å². The van der Waals surface area contributed by atoms with Crippen molar-refractivity contribution in [2.45, 2.75) is 58.1 Å². The molecular formula is C17H27NO. The molecule has 0 radical (unpaired) electrons. The van der Waals surface area contributed by atoms with Crippen LogP contribution in [0.25, 0.3) is 0 Å². The van der Waals surface area contributed by atoms with Crippen LogP contribution in [0.1, 0.15) is 63.1 Å². The molecule has 106 valence electrons. The molecule has 0 aromatic heterocycles. The van der Waals surface area contributed by atoms with E-state index < -0.39 is 0 Å². The fourth-order valence-electron chi connectivity index (χ4n) is 3.12. The van der Waals surface area contributed by atoms with Gasteiger partial charge in [0.15, 0.2) is 0 Å². The van der Waals surface area contributed by atoms with Crippen molar-refractivity contribution in [3.05, 3.63) is 35.4 Å². The number of fused-ring (bicyclic) bond motifs is 1. The summed E-state index contributed by atoms with van der Waals surface area (Å²) >= 11 is 0. The topological polar surface area (TPSA) is 35.2 Å². The van der Waals surface area contributed by atoms with E-state index in [0.29, 0.717) is 11.8 Å². The second-order valence-corrected chi connectivity index (χ2v) is 6.06. The lowest BCUT2D eigenvalue weighted by Gasteiger charge is -2.35. The maximum Gasteiger partial charge on any atom is 0.0773 e. The number of hydrogen-bond donors (Lipinski definition) is 1. The number of hydrogen-bond acceptors (Lipinski definition) is 2. The minimum absolute atomic E-state index is 0.0289. The second-order valence-electron chi connectivity index (χ2n) is 6.06. The maximum atomic E-state index is 6.39. The smallest absolute Gasteiger partial charge is 0.0773 e. The van der Waals surface area contributed by atoms with Gasteiger partial charge in [-0.2, -0.15) is 0 Å². The normalized spacial score (nSPS) is 27.9. The van der Waals surface area contributed by atoms with E-state index in [2.05, 4.69) is 45.0 Å². The number of rotatable bonds is 5. The summed E-state index contributed by atoms with van der Waals surface area (Å²) in [6.45, 7) is 7.59. The van der Waals surface area contributed by atoms with Crippen LogP contribution in [0.5, 0.6) is 0 Å². The maximum absolute atomic E-state index is 6.39. The summed E-state index contributed by atoms with van der Waals surface area (Å²) in [5.74, 6) is 1.17. The molecular weight excluding hydrogens is 234 g/mol. The van der Waals surface area contributed by atoms with E-state index in [0.717, 1.165) is 13.0 Å². The summed E-state index contributed by atoms with van der Waals surface area (Å²) < 4.78 is 6.11. The average Bonchev–Trinajstić information content (AvgIpc) is 2.42. The minimum Gasteiger partial charge on any atom is -0.376 e. The summed E-state index contributed by atoms with van der Waals surface area (Å²) in [7, 11) is 0. The van der Waals surface area contributed by atoms with Gasteiger partial charge >= 0.3 is 0 Å². The van der Waals surface area contributed by atoms with Crippen LogP contribution >= 0.6 is 0 Å². The molecule has 0 heterocycles. The molecule has 0 spiro atoms. The Morgan fingerprint density at radius 3 is 2.68 bits per heavy atom. The molecule has 19 heavy (non-hydrogen) atoms. The standard InChI is InChI=1S/C17H27NO/c1-4-7-12(2)11-19-16-10-13(3)14-8-5-6-9-15(14)17(16)18/h5-6,8-9,12-13,16-17H,4,7,10-11,18H2,1-3H3. The summed E-state index contributed by atoms with van der Waals surface area (Å²) in [6.07, 6.45) is 3.66. The van der Waals surface area contributed by atoms with Crippen molar-refractivity contribution < 1.29 is 4.74 Å². The molecule has 1 aliphatic rings. The van der Waals surface area contributed by atoms with Crippen molar-refractivity contribution in [2.75, 3.05) is 6.61 Å². The Labute approximate surface area is 117 Å².